The van der Waals surface area contributed by atoms with Crippen molar-refractivity contribution in [3.05, 3.63) is 41.6 Å². The number of benzene rings is 1. The van der Waals surface area contributed by atoms with Gasteiger partial charge in [0.2, 0.25) is 6.41 Å². The van der Waals surface area contributed by atoms with Crippen molar-refractivity contribution in [1.82, 2.24) is 5.32 Å². The molecular weight excluding hydrogens is 164 g/mol. The molecule has 0 heterocycles. The largest absolute Gasteiger partial charge is 0.320 e. The molecule has 13 heavy (non-hydrogen) atoms. The van der Waals surface area contributed by atoms with Gasteiger partial charge in [-0.15, -0.1) is 0 Å². The van der Waals surface area contributed by atoms with E-state index in [4.69, 9.17) is 5.26 Å². The number of carbonyl (C=O) groups is 1. The minimum Gasteiger partial charge on any atom is -0.320 e. The van der Waals surface area contributed by atoms with Gasteiger partial charge in [-0.3, -0.25) is 4.79 Å². The molecule has 1 N–H and O–H groups in total. The summed E-state index contributed by atoms with van der Waals surface area (Å²) >= 11 is 0. The third kappa shape index (κ3) is 2.80. The van der Waals surface area contributed by atoms with Crippen LogP contribution in [-0.4, -0.2) is 6.41 Å². The van der Waals surface area contributed by atoms with Gasteiger partial charge >= 0.3 is 0 Å². The lowest BCUT2D eigenvalue weighted by Gasteiger charge is -1.94. The quantitative estimate of drug-likeness (QED) is 0.551. The third-order valence-electron chi connectivity index (χ3n) is 1.45. The van der Waals surface area contributed by atoms with Crippen molar-refractivity contribution in [2.75, 3.05) is 0 Å². The molecule has 1 amide bonds. The summed E-state index contributed by atoms with van der Waals surface area (Å²) in [7, 11) is 0. The van der Waals surface area contributed by atoms with Crippen molar-refractivity contribution in [2.24, 2.45) is 0 Å². The first-order chi connectivity index (χ1) is 6.36. The van der Waals surface area contributed by atoms with E-state index in [0.717, 1.165) is 5.56 Å². The summed E-state index contributed by atoms with van der Waals surface area (Å²) in [4.78, 5) is 10.1. The van der Waals surface area contributed by atoms with Gasteiger partial charge in [-0.2, -0.15) is 5.26 Å². The molecular formula is C10H8N2O. The normalized spacial score (nSPS) is 10.2. The van der Waals surface area contributed by atoms with Crippen molar-refractivity contribution in [2.45, 2.75) is 0 Å². The third-order valence-corrected chi connectivity index (χ3v) is 1.45. The highest BCUT2D eigenvalue weighted by Crippen LogP contribution is 2.03. The molecule has 0 atom stereocenters. The Morgan fingerprint density at radius 1 is 1.38 bits per heavy atom. The van der Waals surface area contributed by atoms with Gasteiger partial charge in [-0.25, -0.2) is 0 Å². The highest BCUT2D eigenvalue weighted by molar-refractivity contribution is 5.62. The molecule has 0 bridgehead atoms. The first-order valence-electron chi connectivity index (χ1n) is 3.74. The van der Waals surface area contributed by atoms with Crippen LogP contribution in [0.3, 0.4) is 0 Å². The van der Waals surface area contributed by atoms with Crippen LogP contribution in [0.5, 0.6) is 0 Å². The Kier molecular flexibility index (Phi) is 3.28. The van der Waals surface area contributed by atoms with Crippen molar-refractivity contribution >= 4 is 12.5 Å². The monoisotopic (exact) mass is 172 g/mol. The average molecular weight is 172 g/mol. The summed E-state index contributed by atoms with van der Waals surface area (Å²) in [6.45, 7) is 0. The lowest BCUT2D eigenvalue weighted by molar-refractivity contribution is -0.108. The smallest absolute Gasteiger partial charge is 0.212 e. The summed E-state index contributed by atoms with van der Waals surface area (Å²) < 4.78 is 0. The number of rotatable bonds is 3. The zero-order valence-corrected chi connectivity index (χ0v) is 6.90. The molecule has 1 aromatic carbocycles. The maximum absolute atomic E-state index is 10.1. The predicted molar refractivity (Wildman–Crippen MR) is 49.2 cm³/mol. The summed E-state index contributed by atoms with van der Waals surface area (Å²) in [6.07, 6.45) is 2.09. The second kappa shape index (κ2) is 4.73. The van der Waals surface area contributed by atoms with Crippen LogP contribution in [0.15, 0.2) is 36.0 Å². The summed E-state index contributed by atoms with van der Waals surface area (Å²) in [5, 5.41) is 10.9. The summed E-state index contributed by atoms with van der Waals surface area (Å²) in [5.41, 5.74) is 1.12. The van der Waals surface area contributed by atoms with Gasteiger partial charge < -0.3 is 5.32 Å². The van der Waals surface area contributed by atoms with Gasteiger partial charge in [0.05, 0.1) is 0 Å². The number of carbonyl (C=O) groups excluding carboxylic acids is 1. The van der Waals surface area contributed by atoms with E-state index in [0.29, 0.717) is 6.41 Å². The molecule has 0 fully saturated rings. The molecule has 1 rings (SSSR count). The SMILES string of the molecule is N#CC(=Cc1ccccc1)NC=O. The van der Waals surface area contributed by atoms with Crippen LogP contribution in [-0.2, 0) is 4.79 Å². The number of hydrogen-bond acceptors (Lipinski definition) is 2. The molecule has 0 aliphatic rings. The van der Waals surface area contributed by atoms with E-state index in [1.807, 2.05) is 36.4 Å². The van der Waals surface area contributed by atoms with Gasteiger partial charge in [0.25, 0.3) is 0 Å². The topological polar surface area (TPSA) is 52.9 Å². The van der Waals surface area contributed by atoms with Gasteiger partial charge in [-0.1, -0.05) is 30.3 Å². The minimum atomic E-state index is 0.237. The maximum Gasteiger partial charge on any atom is 0.212 e. The summed E-state index contributed by atoms with van der Waals surface area (Å²) in [5.74, 6) is 0. The standard InChI is InChI=1S/C10H8N2O/c11-7-10(12-8-13)6-9-4-2-1-3-5-9/h1-6,8H,(H,12,13). The Labute approximate surface area is 76.3 Å². The van der Waals surface area contributed by atoms with Crippen molar-refractivity contribution in [3.63, 3.8) is 0 Å². The average Bonchev–Trinajstić information content (AvgIpc) is 2.19. The van der Waals surface area contributed by atoms with E-state index in [1.54, 1.807) is 6.08 Å². The maximum atomic E-state index is 10.1. The van der Waals surface area contributed by atoms with Crippen LogP contribution < -0.4 is 5.32 Å². The Morgan fingerprint density at radius 3 is 2.62 bits per heavy atom. The fraction of sp³-hybridized carbons (Fsp3) is 0. The molecule has 0 aromatic heterocycles. The highest BCUT2D eigenvalue weighted by Gasteiger charge is 1.92. The van der Waals surface area contributed by atoms with Crippen molar-refractivity contribution in [1.29, 1.82) is 5.26 Å². The van der Waals surface area contributed by atoms with Gasteiger partial charge in [0, 0.05) is 0 Å². The van der Waals surface area contributed by atoms with Crippen molar-refractivity contribution < 1.29 is 4.79 Å². The molecule has 1 aromatic rings. The zero-order valence-electron chi connectivity index (χ0n) is 6.90. The number of allylic oxidation sites excluding steroid dienone is 1. The fourth-order valence-electron chi connectivity index (χ4n) is 0.886. The fourth-order valence-corrected chi connectivity index (χ4v) is 0.886. The Balaban J connectivity index is 2.86. The van der Waals surface area contributed by atoms with E-state index >= 15 is 0 Å². The lowest BCUT2D eigenvalue weighted by Crippen LogP contribution is -2.07. The zero-order chi connectivity index (χ0) is 9.52. The predicted octanol–water partition coefficient (Wildman–Crippen LogP) is 1.30. The van der Waals surface area contributed by atoms with E-state index in [-0.39, 0.29) is 5.70 Å². The molecule has 3 heteroatoms. The number of nitrogens with zero attached hydrogens (tertiary/aromatic N) is 1. The van der Waals surface area contributed by atoms with Crippen LogP contribution in [0.4, 0.5) is 0 Å². The van der Waals surface area contributed by atoms with Gasteiger partial charge in [-0.05, 0) is 11.6 Å². The Bertz CT molecular complexity index is 349. The van der Waals surface area contributed by atoms with E-state index < -0.39 is 0 Å². The van der Waals surface area contributed by atoms with Gasteiger partial charge in [0.1, 0.15) is 11.8 Å². The molecule has 0 saturated heterocycles. The minimum absolute atomic E-state index is 0.237. The van der Waals surface area contributed by atoms with Crippen molar-refractivity contribution in [3.8, 4) is 6.07 Å². The molecule has 0 radical (unpaired) electrons. The van der Waals surface area contributed by atoms with E-state index in [2.05, 4.69) is 5.32 Å². The second-order valence-corrected chi connectivity index (χ2v) is 2.34. The summed E-state index contributed by atoms with van der Waals surface area (Å²) in [6, 6.07) is 11.2. The lowest BCUT2D eigenvalue weighted by atomic mass is 10.2. The molecule has 0 saturated carbocycles. The Morgan fingerprint density at radius 2 is 2.08 bits per heavy atom. The second-order valence-electron chi connectivity index (χ2n) is 2.34. The van der Waals surface area contributed by atoms with Crippen LogP contribution in [0.1, 0.15) is 5.56 Å². The highest BCUT2D eigenvalue weighted by atomic mass is 16.1. The first-order valence-corrected chi connectivity index (χ1v) is 3.74. The van der Waals surface area contributed by atoms with Gasteiger partial charge in [0.15, 0.2) is 0 Å². The van der Waals surface area contributed by atoms with Crippen LogP contribution >= 0.6 is 0 Å². The van der Waals surface area contributed by atoms with E-state index in [1.165, 1.54) is 0 Å². The van der Waals surface area contributed by atoms with Crippen LogP contribution in [0.2, 0.25) is 0 Å². The molecule has 0 aliphatic heterocycles. The molecule has 0 spiro atoms. The van der Waals surface area contributed by atoms with E-state index in [9.17, 15) is 4.79 Å². The number of hydrogen-bond donors (Lipinski definition) is 1. The molecule has 3 nitrogen and oxygen atoms in total. The van der Waals surface area contributed by atoms with Crippen LogP contribution in [0.25, 0.3) is 6.08 Å². The first kappa shape index (κ1) is 9.01. The number of amides is 1. The molecule has 0 unspecified atom stereocenters. The Hall–Kier alpha value is -2.08. The number of nitrogens with one attached hydrogen (secondary N) is 1. The molecule has 0 aliphatic carbocycles. The number of nitriles is 1. The van der Waals surface area contributed by atoms with Crippen LogP contribution in [0, 0.1) is 11.3 Å². The molecule has 64 valence electrons.